The van der Waals surface area contributed by atoms with Crippen molar-refractivity contribution in [2.75, 3.05) is 11.9 Å². The minimum atomic E-state index is -0.125. The summed E-state index contributed by atoms with van der Waals surface area (Å²) in [6, 6.07) is 7.24. The fraction of sp³-hybridized carbons (Fsp3) is 0.286. The van der Waals surface area contributed by atoms with Gasteiger partial charge in [-0.25, -0.2) is 0 Å². The van der Waals surface area contributed by atoms with Gasteiger partial charge in [0.1, 0.15) is 0 Å². The van der Waals surface area contributed by atoms with Gasteiger partial charge < -0.3 is 10.6 Å². The number of H-pyrrole nitrogens is 1. The van der Waals surface area contributed by atoms with Gasteiger partial charge in [-0.2, -0.15) is 5.10 Å². The van der Waals surface area contributed by atoms with Crippen LogP contribution in [0.25, 0.3) is 11.3 Å². The lowest BCUT2D eigenvalue weighted by Gasteiger charge is -2.08. The van der Waals surface area contributed by atoms with Crippen molar-refractivity contribution < 1.29 is 4.79 Å². The van der Waals surface area contributed by atoms with Crippen LogP contribution in [0.5, 0.6) is 0 Å². The Morgan fingerprint density at radius 2 is 2.23 bits per heavy atom. The summed E-state index contributed by atoms with van der Waals surface area (Å²) in [4.78, 5) is 12.0. The minimum Gasteiger partial charge on any atom is -0.308 e. The zero-order valence-corrected chi connectivity index (χ0v) is 14.7. The lowest BCUT2D eigenvalue weighted by atomic mass is 10.1. The van der Waals surface area contributed by atoms with Crippen molar-refractivity contribution in [1.29, 1.82) is 0 Å². The maximum absolute atomic E-state index is 12.0. The molecule has 3 N–H and O–H groups in total. The highest BCUT2D eigenvalue weighted by atomic mass is 79.9. The van der Waals surface area contributed by atoms with Crippen LogP contribution in [0.4, 0.5) is 5.82 Å². The standard InChI is InChI=1S/C14H14BrClN4O.ClH/c15-8-3-4-10(16)9(6-8)12-7-13(20-19-12)18-14(21)11-2-1-5-17-11;/h3-4,6-7,11,17H,1-2,5H2,(H2,18,19,20,21);1H. The van der Waals surface area contributed by atoms with E-state index in [1.165, 1.54) is 0 Å². The number of nitrogens with zero attached hydrogens (tertiary/aromatic N) is 1. The third-order valence-electron chi connectivity index (χ3n) is 3.42. The number of anilines is 1. The van der Waals surface area contributed by atoms with Crippen LogP contribution >= 0.6 is 39.9 Å². The van der Waals surface area contributed by atoms with Gasteiger partial charge in [-0.15, -0.1) is 12.4 Å². The van der Waals surface area contributed by atoms with Crippen molar-refractivity contribution in [2.45, 2.75) is 18.9 Å². The third kappa shape index (κ3) is 3.81. The zero-order chi connectivity index (χ0) is 14.8. The van der Waals surface area contributed by atoms with E-state index in [0.717, 1.165) is 35.1 Å². The Morgan fingerprint density at radius 1 is 1.41 bits per heavy atom. The number of carbonyl (C=O) groups is 1. The van der Waals surface area contributed by atoms with E-state index in [4.69, 9.17) is 11.6 Å². The number of aromatic amines is 1. The van der Waals surface area contributed by atoms with Gasteiger partial charge >= 0.3 is 0 Å². The first-order chi connectivity index (χ1) is 10.1. The first-order valence-corrected chi connectivity index (χ1v) is 7.85. The molecule has 1 amide bonds. The summed E-state index contributed by atoms with van der Waals surface area (Å²) in [5.74, 6) is 0.450. The molecular formula is C14H15BrCl2N4O. The molecule has 1 atom stereocenters. The van der Waals surface area contributed by atoms with Gasteiger partial charge in [-0.3, -0.25) is 9.89 Å². The topological polar surface area (TPSA) is 69.8 Å². The van der Waals surface area contributed by atoms with Crippen LogP contribution in [-0.2, 0) is 4.79 Å². The summed E-state index contributed by atoms with van der Waals surface area (Å²) >= 11 is 9.60. The van der Waals surface area contributed by atoms with E-state index in [0.29, 0.717) is 10.8 Å². The van der Waals surface area contributed by atoms with E-state index in [2.05, 4.69) is 36.8 Å². The largest absolute Gasteiger partial charge is 0.308 e. The van der Waals surface area contributed by atoms with Crippen molar-refractivity contribution in [3.8, 4) is 11.3 Å². The summed E-state index contributed by atoms with van der Waals surface area (Å²) in [6.45, 7) is 0.886. The lowest BCUT2D eigenvalue weighted by molar-refractivity contribution is -0.117. The van der Waals surface area contributed by atoms with Gasteiger partial charge in [0.05, 0.1) is 16.8 Å². The molecule has 8 heteroatoms. The highest BCUT2D eigenvalue weighted by Gasteiger charge is 2.22. The Bertz CT molecular complexity index is 671. The molecule has 1 aliphatic rings. The van der Waals surface area contributed by atoms with E-state index in [-0.39, 0.29) is 24.4 Å². The molecular weight excluding hydrogens is 391 g/mol. The van der Waals surface area contributed by atoms with Gasteiger partial charge in [0.15, 0.2) is 5.82 Å². The molecule has 2 heterocycles. The van der Waals surface area contributed by atoms with Crippen LogP contribution in [0.1, 0.15) is 12.8 Å². The lowest BCUT2D eigenvalue weighted by Crippen LogP contribution is -2.35. The average Bonchev–Trinajstić information content (AvgIpc) is 3.12. The van der Waals surface area contributed by atoms with Gasteiger partial charge in [0.2, 0.25) is 5.91 Å². The second-order valence-corrected chi connectivity index (χ2v) is 6.25. The molecule has 0 saturated carbocycles. The number of rotatable bonds is 3. The van der Waals surface area contributed by atoms with Crippen molar-refractivity contribution in [3.05, 3.63) is 33.8 Å². The Hall–Kier alpha value is -1.08. The molecule has 1 saturated heterocycles. The highest BCUT2D eigenvalue weighted by molar-refractivity contribution is 9.10. The Labute approximate surface area is 147 Å². The molecule has 1 aliphatic heterocycles. The number of hydrogen-bond donors (Lipinski definition) is 3. The molecule has 118 valence electrons. The van der Waals surface area contributed by atoms with Crippen molar-refractivity contribution in [3.63, 3.8) is 0 Å². The Morgan fingerprint density at radius 3 is 2.95 bits per heavy atom. The highest BCUT2D eigenvalue weighted by Crippen LogP contribution is 2.30. The normalized spacial score (nSPS) is 17.1. The molecule has 2 aromatic rings. The third-order valence-corrected chi connectivity index (χ3v) is 4.25. The van der Waals surface area contributed by atoms with Crippen LogP contribution in [0, 0.1) is 0 Å². The number of hydrogen-bond acceptors (Lipinski definition) is 3. The van der Waals surface area contributed by atoms with Crippen molar-refractivity contribution >= 4 is 51.7 Å². The van der Waals surface area contributed by atoms with Crippen molar-refractivity contribution in [1.82, 2.24) is 15.5 Å². The van der Waals surface area contributed by atoms with Crippen LogP contribution in [0.3, 0.4) is 0 Å². The molecule has 1 aromatic carbocycles. The fourth-order valence-corrected chi connectivity index (χ4v) is 2.93. The van der Waals surface area contributed by atoms with Crippen LogP contribution in [-0.4, -0.2) is 28.7 Å². The van der Waals surface area contributed by atoms with E-state index in [9.17, 15) is 4.79 Å². The quantitative estimate of drug-likeness (QED) is 0.730. The molecule has 0 spiro atoms. The monoisotopic (exact) mass is 404 g/mol. The van der Waals surface area contributed by atoms with Crippen molar-refractivity contribution in [2.24, 2.45) is 0 Å². The van der Waals surface area contributed by atoms with Gasteiger partial charge in [0.25, 0.3) is 0 Å². The van der Waals surface area contributed by atoms with Gasteiger partial charge in [0, 0.05) is 16.1 Å². The second-order valence-electron chi connectivity index (χ2n) is 4.93. The number of aromatic nitrogens is 2. The zero-order valence-electron chi connectivity index (χ0n) is 11.5. The number of benzene rings is 1. The summed E-state index contributed by atoms with van der Waals surface area (Å²) in [5, 5.41) is 13.6. The second kappa shape index (κ2) is 7.46. The predicted octanol–water partition coefficient (Wildman–Crippen LogP) is 3.60. The van der Waals surface area contributed by atoms with E-state index < -0.39 is 0 Å². The number of carbonyl (C=O) groups excluding carboxylic acids is 1. The van der Waals surface area contributed by atoms with E-state index in [1.54, 1.807) is 6.07 Å². The number of nitrogens with one attached hydrogen (secondary N) is 3. The molecule has 1 unspecified atom stereocenters. The number of halogens is 3. The number of amides is 1. The van der Waals surface area contributed by atoms with Gasteiger partial charge in [-0.05, 0) is 37.6 Å². The maximum Gasteiger partial charge on any atom is 0.242 e. The Kier molecular flexibility index (Phi) is 5.86. The van der Waals surface area contributed by atoms with Crippen LogP contribution in [0.15, 0.2) is 28.7 Å². The molecule has 0 aliphatic carbocycles. The first kappa shape index (κ1) is 17.3. The summed E-state index contributed by atoms with van der Waals surface area (Å²) in [5.41, 5.74) is 1.59. The van der Waals surface area contributed by atoms with Gasteiger partial charge in [-0.1, -0.05) is 27.5 Å². The minimum absolute atomic E-state index is 0. The first-order valence-electron chi connectivity index (χ1n) is 6.68. The molecule has 3 rings (SSSR count). The predicted molar refractivity (Wildman–Crippen MR) is 93.6 cm³/mol. The molecule has 1 aromatic heterocycles. The van der Waals surface area contributed by atoms with Crippen LogP contribution in [0.2, 0.25) is 5.02 Å². The maximum atomic E-state index is 12.0. The molecule has 0 radical (unpaired) electrons. The summed E-state index contributed by atoms with van der Waals surface area (Å²) < 4.78 is 0.928. The smallest absolute Gasteiger partial charge is 0.242 e. The summed E-state index contributed by atoms with van der Waals surface area (Å²) in [7, 11) is 0. The Balaban J connectivity index is 0.00000176. The summed E-state index contributed by atoms with van der Waals surface area (Å²) in [6.07, 6.45) is 1.89. The SMILES string of the molecule is Cl.O=C(Nc1cc(-c2cc(Br)ccc2Cl)[nH]n1)C1CCCN1. The molecule has 0 bridgehead atoms. The van der Waals surface area contributed by atoms with E-state index in [1.807, 2.05) is 18.2 Å². The van der Waals surface area contributed by atoms with Crippen LogP contribution < -0.4 is 10.6 Å². The van der Waals surface area contributed by atoms with E-state index >= 15 is 0 Å². The fourth-order valence-electron chi connectivity index (χ4n) is 2.35. The molecule has 22 heavy (non-hydrogen) atoms. The molecule has 5 nitrogen and oxygen atoms in total. The average molecular weight is 406 g/mol. The molecule has 1 fully saturated rings.